The molecule has 1 atom stereocenters. The highest BCUT2D eigenvalue weighted by atomic mass is 19.3. The molecular weight excluding hydrogens is 476 g/mol. The van der Waals surface area contributed by atoms with Crippen LogP contribution in [0, 0.1) is 0 Å². The zero-order chi connectivity index (χ0) is 25.9. The lowest BCUT2D eigenvalue weighted by atomic mass is 9.89. The number of aromatic nitrogens is 4. The molecule has 3 heterocycles. The van der Waals surface area contributed by atoms with Gasteiger partial charge in [0.15, 0.2) is 5.82 Å². The molecule has 1 saturated heterocycles. The van der Waals surface area contributed by atoms with E-state index in [-0.39, 0.29) is 23.9 Å². The van der Waals surface area contributed by atoms with Crippen LogP contribution in [-0.2, 0) is 4.74 Å². The number of ether oxygens (including phenoxy) is 1. The number of imidazole rings is 1. The van der Waals surface area contributed by atoms with Crippen LogP contribution < -0.4 is 15.5 Å². The van der Waals surface area contributed by atoms with Gasteiger partial charge in [-0.05, 0) is 51.2 Å². The number of hydrogen-bond donors (Lipinski definition) is 1. The number of benzene rings is 1. The van der Waals surface area contributed by atoms with Gasteiger partial charge in [0.2, 0.25) is 5.95 Å². The lowest BCUT2D eigenvalue weighted by Crippen LogP contribution is -2.46. The van der Waals surface area contributed by atoms with E-state index in [1.807, 2.05) is 18.2 Å². The largest absolute Gasteiger partial charge is 0.378 e. The maximum absolute atomic E-state index is 14.2. The second kappa shape index (κ2) is 11.3. The molecule has 1 saturated carbocycles. The van der Waals surface area contributed by atoms with Crippen LogP contribution in [0.1, 0.15) is 64.6 Å². The Bertz CT molecular complexity index is 1190. The van der Waals surface area contributed by atoms with E-state index in [1.165, 1.54) is 4.57 Å². The first kappa shape index (κ1) is 25.8. The molecule has 1 aromatic carbocycles. The summed E-state index contributed by atoms with van der Waals surface area (Å²) in [5.74, 6) is 1.41. The number of nitrogens with two attached hydrogens (primary N) is 1. The van der Waals surface area contributed by atoms with Crippen molar-refractivity contribution in [2.75, 3.05) is 36.1 Å². The second-order valence-electron chi connectivity index (χ2n) is 10.2. The lowest BCUT2D eigenvalue weighted by Gasteiger charge is -2.41. The first-order valence-electron chi connectivity index (χ1n) is 13.5. The Kier molecular flexibility index (Phi) is 7.85. The van der Waals surface area contributed by atoms with Crippen LogP contribution in [-0.4, -0.2) is 63.9 Å². The molecule has 0 spiro atoms. The third-order valence-corrected chi connectivity index (χ3v) is 7.57. The molecule has 2 aliphatic rings. The van der Waals surface area contributed by atoms with Gasteiger partial charge >= 0.3 is 0 Å². The molecule has 3 aromatic rings. The van der Waals surface area contributed by atoms with E-state index in [1.54, 1.807) is 12.1 Å². The van der Waals surface area contributed by atoms with E-state index in [9.17, 15) is 8.78 Å². The number of anilines is 2. The van der Waals surface area contributed by atoms with Crippen LogP contribution >= 0.6 is 0 Å². The Hall–Kier alpha value is -2.85. The summed E-state index contributed by atoms with van der Waals surface area (Å²) in [6.07, 6.45) is 3.21. The van der Waals surface area contributed by atoms with Gasteiger partial charge in [0.05, 0.1) is 24.2 Å². The topological polar surface area (TPSA) is 85.3 Å². The third kappa shape index (κ3) is 5.40. The molecule has 0 bridgehead atoms. The van der Waals surface area contributed by atoms with Gasteiger partial charge in [-0.15, -0.1) is 0 Å². The fraction of sp³-hybridized carbons (Fsp3) is 0.593. The predicted octanol–water partition coefficient (Wildman–Crippen LogP) is 4.85. The molecule has 1 aliphatic carbocycles. The van der Waals surface area contributed by atoms with E-state index in [4.69, 9.17) is 20.4 Å². The number of alkyl halides is 2. The summed E-state index contributed by atoms with van der Waals surface area (Å²) < 4.78 is 35.5. The molecule has 2 fully saturated rings. The average molecular weight is 514 g/mol. The molecular formula is C27H37F2N7O. The maximum Gasteiger partial charge on any atom is 0.296 e. The van der Waals surface area contributed by atoms with Crippen molar-refractivity contribution in [2.24, 2.45) is 5.73 Å². The number of nitrogens with zero attached hydrogens (tertiary/aromatic N) is 6. The molecule has 1 aliphatic heterocycles. The van der Waals surface area contributed by atoms with Gasteiger partial charge in [-0.1, -0.05) is 25.5 Å². The van der Waals surface area contributed by atoms with Gasteiger partial charge in [-0.3, -0.25) is 4.57 Å². The van der Waals surface area contributed by atoms with Crippen molar-refractivity contribution < 1.29 is 13.5 Å². The van der Waals surface area contributed by atoms with Crippen LogP contribution in [0.25, 0.3) is 16.9 Å². The lowest BCUT2D eigenvalue weighted by molar-refractivity contribution is 0.122. The molecule has 2 N–H and O–H groups in total. The number of rotatable bonds is 8. The molecule has 0 amide bonds. The molecule has 0 radical (unpaired) electrons. The molecule has 2 aromatic heterocycles. The van der Waals surface area contributed by atoms with Crippen molar-refractivity contribution in [3.63, 3.8) is 0 Å². The van der Waals surface area contributed by atoms with Gasteiger partial charge in [-0.25, -0.2) is 13.8 Å². The maximum atomic E-state index is 14.2. The summed E-state index contributed by atoms with van der Waals surface area (Å²) in [5, 5.41) is 0. The second-order valence-corrected chi connectivity index (χ2v) is 10.2. The number of halogens is 2. The standard InChI is InChI=1S/C27H37F2N7O/c1-3-6-18(2)35(20-11-9-19(30)10-12-20)23-17-24(33-27(32-23)34-13-15-37-16-14-34)36-22-8-5-4-7-21(22)31-26(36)25(28)29/h4-5,7-8,17-20,25H,3,6,9-16,30H2,1-2H3. The minimum Gasteiger partial charge on any atom is -0.378 e. The summed E-state index contributed by atoms with van der Waals surface area (Å²) in [4.78, 5) is 18.6. The Morgan fingerprint density at radius 2 is 1.81 bits per heavy atom. The monoisotopic (exact) mass is 513 g/mol. The first-order chi connectivity index (χ1) is 18.0. The number of fused-ring (bicyclic) bond motifs is 1. The first-order valence-corrected chi connectivity index (χ1v) is 13.5. The van der Waals surface area contributed by atoms with Crippen molar-refractivity contribution >= 4 is 22.8 Å². The number of morpholine rings is 1. The Morgan fingerprint density at radius 3 is 2.51 bits per heavy atom. The van der Waals surface area contributed by atoms with E-state index in [0.29, 0.717) is 49.1 Å². The molecule has 10 heteroatoms. The predicted molar refractivity (Wildman–Crippen MR) is 142 cm³/mol. The van der Waals surface area contributed by atoms with E-state index in [2.05, 4.69) is 28.6 Å². The van der Waals surface area contributed by atoms with E-state index >= 15 is 0 Å². The Labute approximate surface area is 216 Å². The molecule has 5 rings (SSSR count). The van der Waals surface area contributed by atoms with Gasteiger partial charge in [-0.2, -0.15) is 9.97 Å². The normalized spacial score (nSPS) is 21.5. The van der Waals surface area contributed by atoms with E-state index in [0.717, 1.165) is 44.3 Å². The van der Waals surface area contributed by atoms with Crippen molar-refractivity contribution in [3.8, 4) is 5.82 Å². The number of para-hydroxylation sites is 2. The highest BCUT2D eigenvalue weighted by molar-refractivity contribution is 5.78. The van der Waals surface area contributed by atoms with Crippen LogP contribution in [0.4, 0.5) is 20.5 Å². The SMILES string of the molecule is CCCC(C)N(c1cc(-n2c(C(F)F)nc3ccccc32)nc(N2CCOCC2)n1)C1CCC(N)CC1. The molecule has 37 heavy (non-hydrogen) atoms. The fourth-order valence-corrected chi connectivity index (χ4v) is 5.70. The van der Waals surface area contributed by atoms with Gasteiger partial charge in [0.1, 0.15) is 11.6 Å². The Balaban J connectivity index is 1.67. The van der Waals surface area contributed by atoms with Crippen molar-refractivity contribution in [1.29, 1.82) is 0 Å². The summed E-state index contributed by atoms with van der Waals surface area (Å²) in [7, 11) is 0. The highest BCUT2D eigenvalue weighted by Crippen LogP contribution is 2.33. The zero-order valence-electron chi connectivity index (χ0n) is 21.7. The van der Waals surface area contributed by atoms with Crippen molar-refractivity contribution in [1.82, 2.24) is 19.5 Å². The van der Waals surface area contributed by atoms with Gasteiger partial charge < -0.3 is 20.3 Å². The van der Waals surface area contributed by atoms with Crippen LogP contribution in [0.2, 0.25) is 0 Å². The smallest absolute Gasteiger partial charge is 0.296 e. The summed E-state index contributed by atoms with van der Waals surface area (Å²) in [5.41, 5.74) is 7.36. The fourth-order valence-electron chi connectivity index (χ4n) is 5.70. The van der Waals surface area contributed by atoms with Crippen molar-refractivity contribution in [2.45, 2.75) is 76.9 Å². The number of hydrogen-bond acceptors (Lipinski definition) is 7. The van der Waals surface area contributed by atoms with E-state index < -0.39 is 6.43 Å². The quantitative estimate of drug-likeness (QED) is 0.461. The van der Waals surface area contributed by atoms with Gasteiger partial charge in [0.25, 0.3) is 6.43 Å². The summed E-state index contributed by atoms with van der Waals surface area (Å²) >= 11 is 0. The Morgan fingerprint density at radius 1 is 1.08 bits per heavy atom. The molecule has 1 unspecified atom stereocenters. The van der Waals surface area contributed by atoms with Crippen molar-refractivity contribution in [3.05, 3.63) is 36.2 Å². The summed E-state index contributed by atoms with van der Waals surface area (Å²) in [6.45, 7) is 6.87. The molecule has 200 valence electrons. The average Bonchev–Trinajstić information content (AvgIpc) is 3.31. The minimum atomic E-state index is -2.74. The van der Waals surface area contributed by atoms with Crippen LogP contribution in [0.5, 0.6) is 0 Å². The molecule has 8 nitrogen and oxygen atoms in total. The van der Waals surface area contributed by atoms with Gasteiger partial charge in [0, 0.05) is 37.3 Å². The minimum absolute atomic E-state index is 0.232. The highest BCUT2D eigenvalue weighted by Gasteiger charge is 2.31. The summed E-state index contributed by atoms with van der Waals surface area (Å²) in [6, 6.07) is 9.83. The zero-order valence-corrected chi connectivity index (χ0v) is 21.7. The van der Waals surface area contributed by atoms with Crippen LogP contribution in [0.3, 0.4) is 0 Å². The third-order valence-electron chi connectivity index (χ3n) is 7.57. The van der Waals surface area contributed by atoms with Crippen LogP contribution in [0.15, 0.2) is 30.3 Å².